The topological polar surface area (TPSA) is 56.8 Å². The summed E-state index contributed by atoms with van der Waals surface area (Å²) in [6.45, 7) is 3.56. The van der Waals surface area contributed by atoms with E-state index in [1.807, 2.05) is 0 Å². The molecule has 1 N–H and O–H groups in total. The van der Waals surface area contributed by atoms with Crippen molar-refractivity contribution in [3.63, 3.8) is 0 Å². The first-order valence-electron chi connectivity index (χ1n) is 5.26. The summed E-state index contributed by atoms with van der Waals surface area (Å²) in [7, 11) is 3.08. The third kappa shape index (κ3) is 3.86. The van der Waals surface area contributed by atoms with Crippen molar-refractivity contribution < 1.29 is 19.0 Å². The maximum Gasteiger partial charge on any atom is 0.411 e. The van der Waals surface area contributed by atoms with Gasteiger partial charge < -0.3 is 14.2 Å². The summed E-state index contributed by atoms with van der Waals surface area (Å²) in [5, 5.41) is 2.60. The third-order valence-electron chi connectivity index (χ3n) is 1.99. The van der Waals surface area contributed by atoms with Gasteiger partial charge in [0.2, 0.25) is 0 Å². The number of methoxy groups -OCH3 is 2. The Labute approximate surface area is 101 Å². The van der Waals surface area contributed by atoms with E-state index in [2.05, 4.69) is 5.32 Å². The second kappa shape index (κ2) is 5.98. The van der Waals surface area contributed by atoms with E-state index in [1.165, 1.54) is 7.11 Å². The molecule has 1 aromatic carbocycles. The Morgan fingerprint density at radius 1 is 1.24 bits per heavy atom. The number of amides is 1. The summed E-state index contributed by atoms with van der Waals surface area (Å²) in [5.74, 6) is 1.18. The van der Waals surface area contributed by atoms with E-state index in [0.717, 1.165) is 0 Å². The number of anilines is 1. The monoisotopic (exact) mass is 239 g/mol. The quantitative estimate of drug-likeness (QED) is 0.877. The van der Waals surface area contributed by atoms with E-state index < -0.39 is 6.09 Å². The fourth-order valence-corrected chi connectivity index (χ4v) is 1.27. The predicted octanol–water partition coefficient (Wildman–Crippen LogP) is 2.66. The Morgan fingerprint density at radius 2 is 1.94 bits per heavy atom. The minimum absolute atomic E-state index is 0.174. The highest BCUT2D eigenvalue weighted by atomic mass is 16.6. The lowest BCUT2D eigenvalue weighted by atomic mass is 10.2. The maximum atomic E-state index is 11.5. The fourth-order valence-electron chi connectivity index (χ4n) is 1.27. The number of ether oxygens (including phenoxy) is 3. The van der Waals surface area contributed by atoms with E-state index in [4.69, 9.17) is 14.2 Å². The van der Waals surface area contributed by atoms with Gasteiger partial charge in [0.05, 0.1) is 26.0 Å². The molecule has 0 aliphatic heterocycles. The highest BCUT2D eigenvalue weighted by Gasteiger charge is 2.10. The SMILES string of the molecule is COc1ccc(OC)c(NC(=O)OC(C)C)c1. The molecular weight excluding hydrogens is 222 g/mol. The fraction of sp³-hybridized carbons (Fsp3) is 0.417. The van der Waals surface area contributed by atoms with Crippen LogP contribution in [0.15, 0.2) is 18.2 Å². The van der Waals surface area contributed by atoms with Crippen LogP contribution in [0.3, 0.4) is 0 Å². The van der Waals surface area contributed by atoms with Crippen molar-refractivity contribution in [2.75, 3.05) is 19.5 Å². The van der Waals surface area contributed by atoms with Crippen LogP contribution >= 0.6 is 0 Å². The van der Waals surface area contributed by atoms with Crippen LogP contribution in [0.4, 0.5) is 10.5 Å². The van der Waals surface area contributed by atoms with Gasteiger partial charge in [-0.2, -0.15) is 0 Å². The van der Waals surface area contributed by atoms with Crippen molar-refractivity contribution in [1.82, 2.24) is 0 Å². The molecule has 0 aromatic heterocycles. The average molecular weight is 239 g/mol. The first-order chi connectivity index (χ1) is 8.06. The minimum Gasteiger partial charge on any atom is -0.497 e. The molecule has 0 radical (unpaired) electrons. The number of benzene rings is 1. The van der Waals surface area contributed by atoms with E-state index in [0.29, 0.717) is 17.2 Å². The van der Waals surface area contributed by atoms with Gasteiger partial charge in [-0.1, -0.05) is 0 Å². The third-order valence-corrected chi connectivity index (χ3v) is 1.99. The van der Waals surface area contributed by atoms with Gasteiger partial charge in [-0.05, 0) is 26.0 Å². The molecule has 1 rings (SSSR count). The zero-order chi connectivity index (χ0) is 12.8. The van der Waals surface area contributed by atoms with Crippen molar-refractivity contribution in [3.05, 3.63) is 18.2 Å². The second-order valence-electron chi connectivity index (χ2n) is 3.65. The molecule has 0 heterocycles. The lowest BCUT2D eigenvalue weighted by molar-refractivity contribution is 0.130. The molecule has 0 aliphatic carbocycles. The highest BCUT2D eigenvalue weighted by molar-refractivity contribution is 5.87. The average Bonchev–Trinajstić information content (AvgIpc) is 2.27. The Morgan fingerprint density at radius 3 is 2.47 bits per heavy atom. The van der Waals surface area contributed by atoms with Gasteiger partial charge in [0.1, 0.15) is 11.5 Å². The predicted molar refractivity (Wildman–Crippen MR) is 64.8 cm³/mol. The Kier molecular flexibility index (Phi) is 4.63. The molecule has 0 fully saturated rings. The van der Waals surface area contributed by atoms with Crippen molar-refractivity contribution in [3.8, 4) is 11.5 Å². The zero-order valence-corrected chi connectivity index (χ0v) is 10.4. The van der Waals surface area contributed by atoms with Crippen LogP contribution in [0.1, 0.15) is 13.8 Å². The zero-order valence-electron chi connectivity index (χ0n) is 10.4. The number of nitrogens with one attached hydrogen (secondary N) is 1. The Bertz CT molecular complexity index is 390. The molecule has 0 unspecified atom stereocenters. The van der Waals surface area contributed by atoms with Crippen LogP contribution in [-0.4, -0.2) is 26.4 Å². The molecule has 0 bridgehead atoms. The van der Waals surface area contributed by atoms with E-state index in [1.54, 1.807) is 39.2 Å². The minimum atomic E-state index is -0.522. The maximum absolute atomic E-state index is 11.5. The smallest absolute Gasteiger partial charge is 0.411 e. The molecule has 1 amide bonds. The lowest BCUT2D eigenvalue weighted by Gasteiger charge is -2.13. The molecule has 5 nitrogen and oxygen atoms in total. The van der Waals surface area contributed by atoms with Crippen LogP contribution in [0.2, 0.25) is 0 Å². The molecule has 5 heteroatoms. The van der Waals surface area contributed by atoms with Crippen molar-refractivity contribution >= 4 is 11.8 Å². The highest BCUT2D eigenvalue weighted by Crippen LogP contribution is 2.28. The summed E-state index contributed by atoms with van der Waals surface area (Å²) >= 11 is 0. The molecular formula is C12H17NO4. The number of hydrogen-bond donors (Lipinski definition) is 1. The Balaban J connectivity index is 2.83. The molecule has 1 aromatic rings. The molecule has 0 aliphatic rings. The van der Waals surface area contributed by atoms with Crippen LogP contribution in [0, 0.1) is 0 Å². The lowest BCUT2D eigenvalue weighted by Crippen LogP contribution is -2.18. The number of carbonyl (C=O) groups is 1. The van der Waals surface area contributed by atoms with Gasteiger partial charge in [0.25, 0.3) is 0 Å². The number of carbonyl (C=O) groups excluding carboxylic acids is 1. The van der Waals surface area contributed by atoms with Gasteiger partial charge in [0.15, 0.2) is 0 Å². The van der Waals surface area contributed by atoms with Gasteiger partial charge in [-0.25, -0.2) is 4.79 Å². The molecule has 94 valence electrons. The van der Waals surface area contributed by atoms with Crippen LogP contribution in [-0.2, 0) is 4.74 Å². The summed E-state index contributed by atoms with van der Waals surface area (Å²) in [4.78, 5) is 11.5. The number of rotatable bonds is 4. The normalized spacial score (nSPS) is 9.94. The van der Waals surface area contributed by atoms with Crippen molar-refractivity contribution in [2.45, 2.75) is 20.0 Å². The number of hydrogen-bond acceptors (Lipinski definition) is 4. The van der Waals surface area contributed by atoms with Crippen LogP contribution in [0.5, 0.6) is 11.5 Å². The Hall–Kier alpha value is -1.91. The summed E-state index contributed by atoms with van der Waals surface area (Å²) in [6.07, 6.45) is -0.696. The second-order valence-corrected chi connectivity index (χ2v) is 3.65. The van der Waals surface area contributed by atoms with E-state index in [-0.39, 0.29) is 6.10 Å². The largest absolute Gasteiger partial charge is 0.497 e. The van der Waals surface area contributed by atoms with Gasteiger partial charge >= 0.3 is 6.09 Å². The molecule has 0 atom stereocenters. The molecule has 17 heavy (non-hydrogen) atoms. The van der Waals surface area contributed by atoms with E-state index in [9.17, 15) is 4.79 Å². The standard InChI is InChI=1S/C12H17NO4/c1-8(2)17-12(14)13-10-7-9(15-3)5-6-11(10)16-4/h5-8H,1-4H3,(H,13,14). The first kappa shape index (κ1) is 13.2. The van der Waals surface area contributed by atoms with Gasteiger partial charge in [-0.15, -0.1) is 0 Å². The molecule has 0 spiro atoms. The first-order valence-corrected chi connectivity index (χ1v) is 5.26. The molecule has 0 saturated carbocycles. The van der Waals surface area contributed by atoms with Crippen molar-refractivity contribution in [2.24, 2.45) is 0 Å². The van der Waals surface area contributed by atoms with Gasteiger partial charge in [0, 0.05) is 6.07 Å². The summed E-state index contributed by atoms with van der Waals surface area (Å²) < 4.78 is 15.2. The van der Waals surface area contributed by atoms with Crippen LogP contribution < -0.4 is 14.8 Å². The van der Waals surface area contributed by atoms with E-state index >= 15 is 0 Å². The van der Waals surface area contributed by atoms with Crippen molar-refractivity contribution in [1.29, 1.82) is 0 Å². The molecule has 0 saturated heterocycles. The van der Waals surface area contributed by atoms with Gasteiger partial charge in [-0.3, -0.25) is 5.32 Å². The van der Waals surface area contributed by atoms with Crippen LogP contribution in [0.25, 0.3) is 0 Å². The summed E-state index contributed by atoms with van der Waals surface area (Å²) in [5.41, 5.74) is 0.512. The summed E-state index contributed by atoms with van der Waals surface area (Å²) in [6, 6.07) is 5.13.